The Labute approximate surface area is 105 Å². The quantitative estimate of drug-likeness (QED) is 0.608. The molecule has 0 fully saturated rings. The zero-order valence-corrected chi connectivity index (χ0v) is 10.7. The van der Waals surface area contributed by atoms with Crippen LogP contribution in [-0.2, 0) is 11.3 Å². The van der Waals surface area contributed by atoms with Crippen LogP contribution in [-0.4, -0.2) is 33.4 Å². The van der Waals surface area contributed by atoms with Crippen LogP contribution in [0.25, 0.3) is 0 Å². The first-order valence-corrected chi connectivity index (χ1v) is 6.38. The van der Waals surface area contributed by atoms with Gasteiger partial charge >= 0.3 is 0 Å². The third kappa shape index (κ3) is 7.91. The minimum Gasteiger partial charge on any atom is -0.385 e. The summed E-state index contributed by atoms with van der Waals surface area (Å²) in [5.41, 5.74) is 1.34. The van der Waals surface area contributed by atoms with Crippen LogP contribution >= 0.6 is 0 Å². The van der Waals surface area contributed by atoms with Crippen molar-refractivity contribution in [1.82, 2.24) is 10.6 Å². The Morgan fingerprint density at radius 3 is 2.47 bits per heavy atom. The van der Waals surface area contributed by atoms with Gasteiger partial charge in [-0.25, -0.2) is 0 Å². The zero-order valence-electron chi connectivity index (χ0n) is 10.7. The highest BCUT2D eigenvalue weighted by Crippen LogP contribution is 1.96. The van der Waals surface area contributed by atoms with Crippen LogP contribution in [0.5, 0.6) is 0 Å². The van der Waals surface area contributed by atoms with Crippen molar-refractivity contribution in [3.05, 3.63) is 35.9 Å². The van der Waals surface area contributed by atoms with Gasteiger partial charge in [-0.1, -0.05) is 30.3 Å². The fourth-order valence-corrected chi connectivity index (χ4v) is 1.63. The summed E-state index contributed by atoms with van der Waals surface area (Å²) >= 11 is 0. The second-order valence-electron chi connectivity index (χ2n) is 4.11. The molecular weight excluding hydrogens is 212 g/mol. The van der Waals surface area contributed by atoms with Gasteiger partial charge in [-0.05, 0) is 24.9 Å². The Hall–Kier alpha value is -0.900. The van der Waals surface area contributed by atoms with Crippen molar-refractivity contribution in [1.29, 1.82) is 0 Å². The Morgan fingerprint density at radius 2 is 1.71 bits per heavy atom. The van der Waals surface area contributed by atoms with Gasteiger partial charge < -0.3 is 15.4 Å². The van der Waals surface area contributed by atoms with Crippen LogP contribution in [0.2, 0.25) is 0 Å². The fraction of sp³-hybridized carbons (Fsp3) is 0.571. The molecule has 17 heavy (non-hydrogen) atoms. The normalized spacial score (nSPS) is 10.6. The summed E-state index contributed by atoms with van der Waals surface area (Å²) in [5.74, 6) is 0. The van der Waals surface area contributed by atoms with E-state index in [1.54, 1.807) is 7.11 Å². The maximum Gasteiger partial charge on any atom is 0.0462 e. The van der Waals surface area contributed by atoms with Gasteiger partial charge in [-0.2, -0.15) is 0 Å². The van der Waals surface area contributed by atoms with E-state index in [0.29, 0.717) is 0 Å². The lowest BCUT2D eigenvalue weighted by Gasteiger charge is -2.06. The van der Waals surface area contributed by atoms with E-state index in [4.69, 9.17) is 4.74 Å². The van der Waals surface area contributed by atoms with Crippen molar-refractivity contribution in [2.24, 2.45) is 0 Å². The zero-order chi connectivity index (χ0) is 12.2. The molecule has 3 nitrogen and oxygen atoms in total. The van der Waals surface area contributed by atoms with Crippen molar-refractivity contribution in [3.8, 4) is 0 Å². The first-order valence-electron chi connectivity index (χ1n) is 6.38. The molecule has 0 saturated carbocycles. The Kier molecular flexibility index (Phi) is 8.55. The van der Waals surface area contributed by atoms with E-state index in [9.17, 15) is 0 Å². The second kappa shape index (κ2) is 10.3. The van der Waals surface area contributed by atoms with Crippen LogP contribution in [0.4, 0.5) is 0 Å². The van der Waals surface area contributed by atoms with Gasteiger partial charge in [0, 0.05) is 33.4 Å². The van der Waals surface area contributed by atoms with Gasteiger partial charge in [0.2, 0.25) is 0 Å². The number of ether oxygens (including phenoxy) is 1. The van der Waals surface area contributed by atoms with Gasteiger partial charge in [0.15, 0.2) is 0 Å². The van der Waals surface area contributed by atoms with E-state index in [1.165, 1.54) is 12.0 Å². The monoisotopic (exact) mass is 236 g/mol. The Morgan fingerprint density at radius 1 is 0.941 bits per heavy atom. The maximum absolute atomic E-state index is 5.00. The molecule has 0 saturated heterocycles. The number of hydrogen-bond donors (Lipinski definition) is 2. The van der Waals surface area contributed by atoms with Crippen LogP contribution in [0.1, 0.15) is 18.4 Å². The van der Waals surface area contributed by atoms with Gasteiger partial charge in [-0.3, -0.25) is 0 Å². The van der Waals surface area contributed by atoms with E-state index < -0.39 is 0 Å². The van der Waals surface area contributed by atoms with Crippen molar-refractivity contribution in [2.45, 2.75) is 19.4 Å². The first-order chi connectivity index (χ1) is 8.43. The van der Waals surface area contributed by atoms with E-state index in [-0.39, 0.29) is 0 Å². The molecule has 2 N–H and O–H groups in total. The molecule has 0 radical (unpaired) electrons. The number of unbranched alkanes of at least 4 members (excludes halogenated alkanes) is 1. The molecule has 3 heteroatoms. The molecule has 0 spiro atoms. The lowest BCUT2D eigenvalue weighted by atomic mass is 10.2. The third-order valence-electron chi connectivity index (χ3n) is 2.60. The van der Waals surface area contributed by atoms with Crippen molar-refractivity contribution in [2.75, 3.05) is 33.4 Å². The van der Waals surface area contributed by atoms with Gasteiger partial charge in [0.1, 0.15) is 0 Å². The highest BCUT2D eigenvalue weighted by Gasteiger charge is 1.91. The van der Waals surface area contributed by atoms with Gasteiger partial charge in [0.25, 0.3) is 0 Å². The molecule has 1 aromatic rings. The second-order valence-corrected chi connectivity index (χ2v) is 4.11. The number of rotatable bonds is 10. The molecule has 0 heterocycles. The first kappa shape index (κ1) is 14.2. The molecule has 0 aliphatic heterocycles. The highest BCUT2D eigenvalue weighted by atomic mass is 16.5. The van der Waals surface area contributed by atoms with E-state index >= 15 is 0 Å². The average molecular weight is 236 g/mol. The summed E-state index contributed by atoms with van der Waals surface area (Å²) in [6.07, 6.45) is 2.33. The topological polar surface area (TPSA) is 33.3 Å². The lowest BCUT2D eigenvalue weighted by Crippen LogP contribution is -2.27. The van der Waals surface area contributed by atoms with E-state index in [1.807, 2.05) is 6.07 Å². The summed E-state index contributed by atoms with van der Waals surface area (Å²) in [4.78, 5) is 0. The maximum atomic E-state index is 5.00. The molecule has 0 aliphatic carbocycles. The van der Waals surface area contributed by atoms with Gasteiger partial charge in [-0.15, -0.1) is 0 Å². The number of hydrogen-bond acceptors (Lipinski definition) is 3. The van der Waals surface area contributed by atoms with Crippen molar-refractivity contribution < 1.29 is 4.74 Å². The van der Waals surface area contributed by atoms with E-state index in [0.717, 1.165) is 39.2 Å². The summed E-state index contributed by atoms with van der Waals surface area (Å²) < 4.78 is 5.00. The summed E-state index contributed by atoms with van der Waals surface area (Å²) in [5, 5.41) is 6.83. The molecular formula is C14H24N2O. The minimum absolute atomic E-state index is 0.869. The molecule has 1 rings (SSSR count). The minimum atomic E-state index is 0.869. The molecule has 0 aliphatic rings. The molecule has 96 valence electrons. The number of benzene rings is 1. The molecule has 0 aromatic heterocycles. The number of nitrogens with one attached hydrogen (secondary N) is 2. The van der Waals surface area contributed by atoms with Gasteiger partial charge in [0.05, 0.1) is 0 Å². The molecule has 1 aromatic carbocycles. The molecule has 0 unspecified atom stereocenters. The lowest BCUT2D eigenvalue weighted by molar-refractivity contribution is 0.192. The Balaban J connectivity index is 1.85. The van der Waals surface area contributed by atoms with Crippen LogP contribution in [0.3, 0.4) is 0 Å². The molecule has 0 amide bonds. The van der Waals surface area contributed by atoms with E-state index in [2.05, 4.69) is 34.9 Å². The van der Waals surface area contributed by atoms with Crippen LogP contribution in [0, 0.1) is 0 Å². The summed E-state index contributed by atoms with van der Waals surface area (Å²) in [6, 6.07) is 10.5. The SMILES string of the molecule is COCCCCNCCNCc1ccccc1. The average Bonchev–Trinajstić information content (AvgIpc) is 2.38. The fourth-order valence-electron chi connectivity index (χ4n) is 1.63. The third-order valence-corrected chi connectivity index (χ3v) is 2.60. The van der Waals surface area contributed by atoms with Crippen LogP contribution in [0.15, 0.2) is 30.3 Å². The smallest absolute Gasteiger partial charge is 0.0462 e. The highest BCUT2D eigenvalue weighted by molar-refractivity contribution is 5.14. The largest absolute Gasteiger partial charge is 0.385 e. The Bertz CT molecular complexity index is 264. The number of methoxy groups -OCH3 is 1. The predicted octanol–water partition coefficient (Wildman–Crippen LogP) is 1.79. The van der Waals surface area contributed by atoms with Crippen LogP contribution < -0.4 is 10.6 Å². The standard InChI is InChI=1S/C14H24N2O/c1-17-12-6-5-9-15-10-11-16-13-14-7-3-2-4-8-14/h2-4,7-8,15-16H,5-6,9-13H2,1H3. The molecule has 0 bridgehead atoms. The summed E-state index contributed by atoms with van der Waals surface area (Å²) in [7, 11) is 1.75. The molecule has 0 atom stereocenters. The van der Waals surface area contributed by atoms with Crippen molar-refractivity contribution in [3.63, 3.8) is 0 Å². The summed E-state index contributed by atoms with van der Waals surface area (Å²) in [6.45, 7) is 4.94. The van der Waals surface area contributed by atoms with Crippen molar-refractivity contribution >= 4 is 0 Å². The predicted molar refractivity (Wildman–Crippen MR) is 72.1 cm³/mol.